The second kappa shape index (κ2) is 3.95. The summed E-state index contributed by atoms with van der Waals surface area (Å²) in [7, 11) is 1.73. The van der Waals surface area contributed by atoms with Crippen LogP contribution in [0.5, 0.6) is 0 Å². The third-order valence-corrected chi connectivity index (χ3v) is 3.71. The van der Waals surface area contributed by atoms with E-state index in [1.807, 2.05) is 20.8 Å². The molecule has 0 atom stereocenters. The van der Waals surface area contributed by atoms with Crippen LogP contribution >= 0.6 is 0 Å². The lowest BCUT2D eigenvalue weighted by atomic mass is 9.53. The first-order valence-electron chi connectivity index (χ1n) is 6.28. The quantitative estimate of drug-likeness (QED) is 0.760. The zero-order chi connectivity index (χ0) is 12.7. The van der Waals surface area contributed by atoms with Gasteiger partial charge in [-0.25, -0.2) is 0 Å². The number of carbonyl (C=O) groups is 1. The number of nitrogens with one attached hydrogen (secondary N) is 1. The Bertz CT molecular complexity index is 309. The van der Waals surface area contributed by atoms with E-state index in [1.54, 1.807) is 7.11 Å². The molecule has 0 aromatic heterocycles. The lowest BCUT2D eigenvalue weighted by Crippen LogP contribution is -2.71. The summed E-state index contributed by atoms with van der Waals surface area (Å²) < 4.78 is 10.8. The van der Waals surface area contributed by atoms with Gasteiger partial charge in [0.2, 0.25) is 0 Å². The molecule has 2 saturated heterocycles. The Balaban J connectivity index is 2.01. The van der Waals surface area contributed by atoms with Crippen LogP contribution in [0.1, 0.15) is 40.0 Å². The summed E-state index contributed by atoms with van der Waals surface area (Å²) in [6, 6.07) is 0. The molecule has 0 spiro atoms. The highest BCUT2D eigenvalue weighted by atomic mass is 16.6. The SMILES string of the molecule is COCC12CCNC(C(=O)OC(C)(C)C)(C1)C2. The van der Waals surface area contributed by atoms with E-state index in [4.69, 9.17) is 9.47 Å². The van der Waals surface area contributed by atoms with Gasteiger partial charge in [0.05, 0.1) is 6.61 Å². The van der Waals surface area contributed by atoms with Crippen LogP contribution in [0.25, 0.3) is 0 Å². The molecule has 2 heterocycles. The van der Waals surface area contributed by atoms with Crippen LogP contribution in [0.15, 0.2) is 0 Å². The maximum atomic E-state index is 12.2. The second-order valence-electron chi connectivity index (χ2n) is 6.55. The summed E-state index contributed by atoms with van der Waals surface area (Å²) in [6.07, 6.45) is 2.79. The maximum absolute atomic E-state index is 12.2. The molecule has 0 radical (unpaired) electrons. The Kier molecular flexibility index (Phi) is 2.99. The van der Waals surface area contributed by atoms with Gasteiger partial charge < -0.3 is 14.8 Å². The van der Waals surface area contributed by atoms with Gasteiger partial charge in [-0.2, -0.15) is 0 Å². The van der Waals surface area contributed by atoms with Crippen molar-refractivity contribution in [1.29, 1.82) is 0 Å². The topological polar surface area (TPSA) is 47.6 Å². The van der Waals surface area contributed by atoms with Crippen molar-refractivity contribution < 1.29 is 14.3 Å². The lowest BCUT2D eigenvalue weighted by Gasteiger charge is -2.59. The molecule has 2 bridgehead atoms. The number of fused-ring (bicyclic) bond motifs is 2. The van der Waals surface area contributed by atoms with E-state index in [9.17, 15) is 4.79 Å². The smallest absolute Gasteiger partial charge is 0.326 e. The summed E-state index contributed by atoms with van der Waals surface area (Å²) in [5.74, 6) is -0.101. The number of ether oxygens (including phenoxy) is 2. The minimum atomic E-state index is -0.440. The zero-order valence-electron chi connectivity index (χ0n) is 11.3. The summed E-state index contributed by atoms with van der Waals surface area (Å²) in [6.45, 7) is 7.35. The fourth-order valence-electron chi connectivity index (χ4n) is 3.17. The molecule has 1 aliphatic carbocycles. The molecule has 3 fully saturated rings. The number of carbonyl (C=O) groups excluding carboxylic acids is 1. The van der Waals surface area contributed by atoms with Crippen molar-refractivity contribution in [2.24, 2.45) is 5.41 Å². The van der Waals surface area contributed by atoms with Gasteiger partial charge in [-0.3, -0.25) is 4.79 Å². The van der Waals surface area contributed by atoms with E-state index in [2.05, 4.69) is 5.32 Å². The molecule has 1 saturated carbocycles. The average Bonchev–Trinajstić information content (AvgIpc) is 2.14. The third kappa shape index (κ3) is 2.33. The first-order chi connectivity index (χ1) is 7.81. The highest BCUT2D eigenvalue weighted by Gasteiger charge is 2.62. The maximum Gasteiger partial charge on any atom is 0.326 e. The third-order valence-electron chi connectivity index (χ3n) is 3.71. The first kappa shape index (κ1) is 12.8. The zero-order valence-corrected chi connectivity index (χ0v) is 11.3. The Labute approximate surface area is 103 Å². The highest BCUT2D eigenvalue weighted by molar-refractivity contribution is 5.83. The first-order valence-corrected chi connectivity index (χ1v) is 6.28. The van der Waals surface area contributed by atoms with Crippen molar-refractivity contribution >= 4 is 5.97 Å². The minimum Gasteiger partial charge on any atom is -0.459 e. The van der Waals surface area contributed by atoms with Crippen LogP contribution in [0.3, 0.4) is 0 Å². The van der Waals surface area contributed by atoms with Crippen LogP contribution in [0.2, 0.25) is 0 Å². The summed E-state index contributed by atoms with van der Waals surface area (Å²) in [5, 5.41) is 3.34. The van der Waals surface area contributed by atoms with Crippen LogP contribution in [0, 0.1) is 5.41 Å². The Hall–Kier alpha value is -0.610. The van der Waals surface area contributed by atoms with Gasteiger partial charge in [-0.15, -0.1) is 0 Å². The van der Waals surface area contributed by atoms with Gasteiger partial charge in [0.15, 0.2) is 0 Å². The number of hydrogen-bond acceptors (Lipinski definition) is 4. The molecule has 0 amide bonds. The molecule has 17 heavy (non-hydrogen) atoms. The summed E-state index contributed by atoms with van der Waals surface area (Å²) in [4.78, 5) is 12.2. The Morgan fingerprint density at radius 2 is 2.00 bits per heavy atom. The van der Waals surface area contributed by atoms with Crippen molar-refractivity contribution in [1.82, 2.24) is 5.32 Å². The van der Waals surface area contributed by atoms with Crippen LogP contribution < -0.4 is 5.32 Å². The van der Waals surface area contributed by atoms with E-state index in [1.165, 1.54) is 0 Å². The van der Waals surface area contributed by atoms with Crippen LogP contribution in [-0.4, -0.2) is 37.4 Å². The molecule has 2 aliphatic heterocycles. The van der Waals surface area contributed by atoms with Gasteiger partial charge >= 0.3 is 5.97 Å². The number of hydrogen-bond donors (Lipinski definition) is 1. The molecule has 98 valence electrons. The predicted octanol–water partition coefficient (Wildman–Crippen LogP) is 1.49. The molecule has 4 nitrogen and oxygen atoms in total. The van der Waals surface area contributed by atoms with E-state index in [0.29, 0.717) is 0 Å². The number of methoxy groups -OCH3 is 1. The van der Waals surface area contributed by atoms with E-state index in [-0.39, 0.29) is 11.4 Å². The Morgan fingerprint density at radius 3 is 2.53 bits per heavy atom. The minimum absolute atomic E-state index is 0.101. The number of esters is 1. The normalized spacial score (nSPS) is 36.2. The fourth-order valence-corrected chi connectivity index (χ4v) is 3.17. The monoisotopic (exact) mass is 241 g/mol. The van der Waals surface area contributed by atoms with Gasteiger partial charge in [0, 0.05) is 7.11 Å². The van der Waals surface area contributed by atoms with E-state index >= 15 is 0 Å². The molecular formula is C13H23NO3. The highest BCUT2D eigenvalue weighted by Crippen LogP contribution is 2.54. The van der Waals surface area contributed by atoms with Crippen molar-refractivity contribution in [2.75, 3.05) is 20.3 Å². The molecule has 0 aromatic rings. The second-order valence-corrected chi connectivity index (χ2v) is 6.55. The molecule has 0 unspecified atom stereocenters. The van der Waals surface area contributed by atoms with Gasteiger partial charge in [-0.05, 0) is 52.0 Å². The lowest BCUT2D eigenvalue weighted by molar-refractivity contribution is -0.184. The van der Waals surface area contributed by atoms with Gasteiger partial charge in [0.25, 0.3) is 0 Å². The van der Waals surface area contributed by atoms with Crippen molar-refractivity contribution in [2.45, 2.75) is 51.2 Å². The molecule has 0 aromatic carbocycles. The molecule has 4 heteroatoms. The van der Waals surface area contributed by atoms with Gasteiger partial charge in [0.1, 0.15) is 11.1 Å². The standard InChI is InChI=1S/C13H23NO3/c1-11(2,3)17-10(15)13-7-12(8-13,9-16-4)5-6-14-13/h14H,5-9H2,1-4H3. The largest absolute Gasteiger partial charge is 0.459 e. The predicted molar refractivity (Wildman–Crippen MR) is 64.7 cm³/mol. The van der Waals surface area contributed by atoms with Crippen LogP contribution in [0.4, 0.5) is 0 Å². The molecule has 3 rings (SSSR count). The molecule has 1 N–H and O–H groups in total. The van der Waals surface area contributed by atoms with Crippen molar-refractivity contribution in [3.8, 4) is 0 Å². The molecule has 3 aliphatic rings. The molecular weight excluding hydrogens is 218 g/mol. The van der Waals surface area contributed by atoms with Crippen LogP contribution in [-0.2, 0) is 14.3 Å². The summed E-state index contributed by atoms with van der Waals surface area (Å²) >= 11 is 0. The van der Waals surface area contributed by atoms with Gasteiger partial charge in [-0.1, -0.05) is 0 Å². The van der Waals surface area contributed by atoms with E-state index < -0.39 is 11.1 Å². The van der Waals surface area contributed by atoms with Crippen molar-refractivity contribution in [3.05, 3.63) is 0 Å². The Morgan fingerprint density at radius 1 is 1.35 bits per heavy atom. The number of piperidine rings is 2. The number of rotatable bonds is 3. The van der Waals surface area contributed by atoms with Crippen molar-refractivity contribution in [3.63, 3.8) is 0 Å². The van der Waals surface area contributed by atoms with E-state index in [0.717, 1.165) is 32.4 Å². The average molecular weight is 241 g/mol. The summed E-state index contributed by atoms with van der Waals surface area (Å²) in [5.41, 5.74) is -0.647. The fraction of sp³-hybridized carbons (Fsp3) is 0.923.